The first-order valence-electron chi connectivity index (χ1n) is 9.70. The first-order valence-corrected chi connectivity index (χ1v) is 11.2. The fraction of sp³-hybridized carbons (Fsp3) is 0.474. The van der Waals surface area contributed by atoms with Crippen LogP contribution in [0.15, 0.2) is 40.5 Å². The Morgan fingerprint density at radius 3 is 2.80 bits per heavy atom. The SMILES string of the molecule is NS(=O)(=O)OC[C@H]1CC[C@H](N2C=CC3C(=NCc4c(F)cccc4F)NC=NC32)C1. The van der Waals surface area contributed by atoms with Crippen molar-refractivity contribution < 1.29 is 21.4 Å². The number of amidine groups is 1. The molecule has 3 aliphatic rings. The second kappa shape index (κ2) is 8.40. The van der Waals surface area contributed by atoms with Gasteiger partial charge >= 0.3 is 10.3 Å². The Labute approximate surface area is 173 Å². The summed E-state index contributed by atoms with van der Waals surface area (Å²) in [7, 11) is -3.94. The highest BCUT2D eigenvalue weighted by Crippen LogP contribution is 2.36. The molecule has 0 spiro atoms. The third kappa shape index (κ3) is 4.52. The van der Waals surface area contributed by atoms with Crippen molar-refractivity contribution in [3.8, 4) is 0 Å². The van der Waals surface area contributed by atoms with Gasteiger partial charge in [-0.3, -0.25) is 9.18 Å². The lowest BCUT2D eigenvalue weighted by atomic mass is 10.0. The zero-order chi connectivity index (χ0) is 21.3. The fourth-order valence-corrected chi connectivity index (χ4v) is 4.62. The minimum absolute atomic E-state index is 0.0711. The van der Waals surface area contributed by atoms with Crippen LogP contribution in [0.5, 0.6) is 0 Å². The lowest BCUT2D eigenvalue weighted by Gasteiger charge is -2.34. The highest BCUT2D eigenvalue weighted by Gasteiger charge is 2.40. The van der Waals surface area contributed by atoms with Crippen LogP contribution in [0.1, 0.15) is 24.8 Å². The highest BCUT2D eigenvalue weighted by atomic mass is 32.2. The van der Waals surface area contributed by atoms with Crippen LogP contribution in [-0.2, 0) is 21.0 Å². The van der Waals surface area contributed by atoms with E-state index in [0.717, 1.165) is 19.3 Å². The van der Waals surface area contributed by atoms with E-state index in [0.29, 0.717) is 5.84 Å². The molecule has 0 radical (unpaired) electrons. The van der Waals surface area contributed by atoms with Crippen LogP contribution in [0, 0.1) is 23.5 Å². The number of nitrogens with one attached hydrogen (secondary N) is 1. The van der Waals surface area contributed by atoms with Crippen LogP contribution < -0.4 is 10.5 Å². The summed E-state index contributed by atoms with van der Waals surface area (Å²) in [6.45, 7) is -0.0329. The van der Waals surface area contributed by atoms with Crippen LogP contribution in [0.4, 0.5) is 8.78 Å². The van der Waals surface area contributed by atoms with E-state index in [4.69, 9.17) is 9.32 Å². The lowest BCUT2D eigenvalue weighted by molar-refractivity contribution is 0.198. The quantitative estimate of drug-likeness (QED) is 0.701. The summed E-state index contributed by atoms with van der Waals surface area (Å²) in [5.74, 6) is -0.693. The van der Waals surface area contributed by atoms with E-state index in [1.807, 2.05) is 12.3 Å². The summed E-state index contributed by atoms with van der Waals surface area (Å²) in [5, 5.41) is 7.90. The Balaban J connectivity index is 1.41. The van der Waals surface area contributed by atoms with Gasteiger partial charge in [-0.05, 0) is 43.5 Å². The molecule has 2 aliphatic heterocycles. The van der Waals surface area contributed by atoms with Gasteiger partial charge in [-0.25, -0.2) is 18.9 Å². The molecule has 8 nitrogen and oxygen atoms in total. The van der Waals surface area contributed by atoms with Gasteiger partial charge in [0.15, 0.2) is 0 Å². The highest BCUT2D eigenvalue weighted by molar-refractivity contribution is 7.84. The predicted molar refractivity (Wildman–Crippen MR) is 108 cm³/mol. The van der Waals surface area contributed by atoms with Gasteiger partial charge < -0.3 is 10.2 Å². The van der Waals surface area contributed by atoms with Crippen LogP contribution >= 0.6 is 0 Å². The number of benzene rings is 1. The van der Waals surface area contributed by atoms with E-state index in [2.05, 4.69) is 20.2 Å². The van der Waals surface area contributed by atoms with Gasteiger partial charge in [0.25, 0.3) is 0 Å². The number of hydrogen-bond acceptors (Lipinski definition) is 6. The number of halogens is 2. The minimum atomic E-state index is -3.94. The summed E-state index contributed by atoms with van der Waals surface area (Å²) in [6, 6.07) is 3.93. The standard InChI is InChI=1S/C19H23F2N5O3S/c20-16-2-1-3-17(21)15(16)9-23-18-14-6-7-26(19(14)25-11-24-18)13-5-4-12(8-13)10-29-30(22,27)28/h1-3,6-7,11-14,19H,4-5,8-10H2,(H2,22,27,28)(H,23,24,25)/t12-,13-,14?,19?/m0/s1. The Hall–Kier alpha value is -2.37. The van der Waals surface area contributed by atoms with Gasteiger partial charge in [0.1, 0.15) is 23.6 Å². The molecular weight excluding hydrogens is 416 g/mol. The summed E-state index contributed by atoms with van der Waals surface area (Å²) < 4.78 is 54.5. The molecule has 1 aromatic carbocycles. The van der Waals surface area contributed by atoms with Crippen LogP contribution in [0.3, 0.4) is 0 Å². The monoisotopic (exact) mass is 439 g/mol. The summed E-state index contributed by atoms with van der Waals surface area (Å²) in [5.41, 5.74) is -0.0711. The second-order valence-electron chi connectivity index (χ2n) is 7.66. The molecule has 0 amide bonds. The molecular formula is C19H23F2N5O3S. The molecule has 2 unspecified atom stereocenters. The Morgan fingerprint density at radius 1 is 1.30 bits per heavy atom. The summed E-state index contributed by atoms with van der Waals surface area (Å²) in [6.07, 6.45) is 7.76. The molecule has 4 atom stereocenters. The molecule has 4 rings (SSSR count). The van der Waals surface area contributed by atoms with Crippen LogP contribution in [0.25, 0.3) is 0 Å². The van der Waals surface area contributed by atoms with E-state index >= 15 is 0 Å². The number of nitrogens with two attached hydrogens (primary N) is 1. The molecule has 0 bridgehead atoms. The number of rotatable bonds is 6. The zero-order valence-corrected chi connectivity index (χ0v) is 16.9. The maximum atomic E-state index is 13.9. The third-order valence-electron chi connectivity index (χ3n) is 5.72. The molecule has 1 aromatic rings. The van der Waals surface area contributed by atoms with Crippen LogP contribution in [0.2, 0.25) is 0 Å². The third-order valence-corrected chi connectivity index (χ3v) is 6.18. The normalized spacial score (nSPS) is 29.4. The van der Waals surface area contributed by atoms with Crippen LogP contribution in [-0.4, -0.2) is 44.3 Å². The van der Waals surface area contributed by atoms with E-state index in [9.17, 15) is 17.2 Å². The average molecular weight is 439 g/mol. The molecule has 1 aliphatic carbocycles. The molecule has 3 N–H and O–H groups in total. The number of aliphatic imine (C=N–C) groups is 2. The molecule has 30 heavy (non-hydrogen) atoms. The summed E-state index contributed by atoms with van der Waals surface area (Å²) in [4.78, 5) is 11.1. The van der Waals surface area contributed by atoms with E-state index < -0.39 is 21.9 Å². The van der Waals surface area contributed by atoms with Crippen molar-refractivity contribution in [2.75, 3.05) is 6.61 Å². The Bertz CT molecular complexity index is 978. The van der Waals surface area contributed by atoms with Gasteiger partial charge in [0, 0.05) is 11.6 Å². The molecule has 11 heteroatoms. The smallest absolute Gasteiger partial charge is 0.333 e. The van der Waals surface area contributed by atoms with Crippen molar-refractivity contribution in [3.63, 3.8) is 0 Å². The molecule has 162 valence electrons. The Morgan fingerprint density at radius 2 is 2.07 bits per heavy atom. The zero-order valence-electron chi connectivity index (χ0n) is 16.1. The fourth-order valence-electron chi connectivity index (χ4n) is 4.24. The van der Waals surface area contributed by atoms with Gasteiger partial charge in [0.2, 0.25) is 0 Å². The molecule has 2 heterocycles. The topological polar surface area (TPSA) is 109 Å². The van der Waals surface area contributed by atoms with Crippen molar-refractivity contribution >= 4 is 22.5 Å². The maximum absolute atomic E-state index is 13.9. The predicted octanol–water partition coefficient (Wildman–Crippen LogP) is 1.66. The van der Waals surface area contributed by atoms with E-state index in [1.165, 1.54) is 18.2 Å². The van der Waals surface area contributed by atoms with Crippen molar-refractivity contribution in [1.82, 2.24) is 10.2 Å². The van der Waals surface area contributed by atoms with E-state index in [-0.39, 0.29) is 42.8 Å². The first-order chi connectivity index (χ1) is 14.3. The van der Waals surface area contributed by atoms with Crippen molar-refractivity contribution in [3.05, 3.63) is 47.7 Å². The summed E-state index contributed by atoms with van der Waals surface area (Å²) >= 11 is 0. The molecule has 1 saturated carbocycles. The van der Waals surface area contributed by atoms with Gasteiger partial charge in [-0.1, -0.05) is 12.1 Å². The lowest BCUT2D eigenvalue weighted by Crippen LogP contribution is -2.46. The van der Waals surface area contributed by atoms with Gasteiger partial charge in [-0.15, -0.1) is 0 Å². The Kier molecular flexibility index (Phi) is 5.85. The number of hydrogen-bond donors (Lipinski definition) is 2. The minimum Gasteiger partial charge on any atom is -0.352 e. The maximum Gasteiger partial charge on any atom is 0.333 e. The van der Waals surface area contributed by atoms with Gasteiger partial charge in [0.05, 0.1) is 25.4 Å². The number of nitrogens with zero attached hydrogens (tertiary/aromatic N) is 3. The van der Waals surface area contributed by atoms with Crippen molar-refractivity contribution in [1.29, 1.82) is 0 Å². The average Bonchev–Trinajstić information content (AvgIpc) is 3.32. The molecule has 0 saturated heterocycles. The first kappa shape index (κ1) is 20.9. The van der Waals surface area contributed by atoms with Crippen molar-refractivity contribution in [2.24, 2.45) is 27.0 Å². The van der Waals surface area contributed by atoms with Gasteiger partial charge in [-0.2, -0.15) is 8.42 Å². The van der Waals surface area contributed by atoms with Crippen molar-refractivity contribution in [2.45, 2.75) is 38.0 Å². The van der Waals surface area contributed by atoms with E-state index in [1.54, 1.807) is 6.34 Å². The largest absolute Gasteiger partial charge is 0.352 e. The molecule has 0 aromatic heterocycles. The second-order valence-corrected chi connectivity index (χ2v) is 8.88. The molecule has 1 fully saturated rings. The number of fused-ring (bicyclic) bond motifs is 1.